The first-order chi connectivity index (χ1) is 9.78. The van der Waals surface area contributed by atoms with Crippen molar-refractivity contribution in [3.05, 3.63) is 35.4 Å². The predicted octanol–water partition coefficient (Wildman–Crippen LogP) is 1.17. The Labute approximate surface area is 128 Å². The van der Waals surface area contributed by atoms with Crippen molar-refractivity contribution in [1.82, 2.24) is 14.9 Å². The smallest absolute Gasteiger partial charge is 0.215 e. The van der Waals surface area contributed by atoms with Crippen molar-refractivity contribution in [2.75, 3.05) is 27.2 Å². The van der Waals surface area contributed by atoms with Crippen molar-refractivity contribution < 1.29 is 8.42 Å². The van der Waals surface area contributed by atoms with Gasteiger partial charge in [0.15, 0.2) is 0 Å². The lowest BCUT2D eigenvalue weighted by Crippen LogP contribution is -2.32. The number of hydrogen-bond donors (Lipinski definition) is 2. The van der Waals surface area contributed by atoms with E-state index in [0.717, 1.165) is 17.7 Å². The molecule has 0 aliphatic rings. The van der Waals surface area contributed by atoms with Crippen LogP contribution in [0.5, 0.6) is 0 Å². The van der Waals surface area contributed by atoms with Crippen molar-refractivity contribution in [2.24, 2.45) is 0 Å². The second kappa shape index (κ2) is 8.48. The summed E-state index contributed by atoms with van der Waals surface area (Å²) in [6.07, 6.45) is 0. The monoisotopic (exact) mass is 313 g/mol. The molecule has 0 aliphatic heterocycles. The highest BCUT2D eigenvalue weighted by Crippen LogP contribution is 2.08. The number of rotatable bonds is 9. The second-order valence-corrected chi connectivity index (χ2v) is 7.62. The van der Waals surface area contributed by atoms with E-state index < -0.39 is 10.0 Å². The number of nitrogens with one attached hydrogen (secondary N) is 2. The van der Waals surface area contributed by atoms with Gasteiger partial charge in [-0.2, -0.15) is 0 Å². The Morgan fingerprint density at radius 2 is 1.67 bits per heavy atom. The number of hydrogen-bond acceptors (Lipinski definition) is 4. The minimum Gasteiger partial charge on any atom is -0.310 e. The molecule has 0 unspecified atom stereocenters. The molecule has 1 aromatic rings. The van der Waals surface area contributed by atoms with Gasteiger partial charge in [-0.25, -0.2) is 13.1 Å². The van der Waals surface area contributed by atoms with Gasteiger partial charge in [0.2, 0.25) is 10.0 Å². The molecule has 0 aliphatic carbocycles. The Bertz CT molecular complexity index is 510. The highest BCUT2D eigenvalue weighted by atomic mass is 32.2. The van der Waals surface area contributed by atoms with Crippen LogP contribution in [-0.2, 0) is 22.3 Å². The maximum absolute atomic E-state index is 11.9. The summed E-state index contributed by atoms with van der Waals surface area (Å²) in [7, 11) is 0.569. The molecule has 0 atom stereocenters. The van der Waals surface area contributed by atoms with Gasteiger partial charge in [0.1, 0.15) is 0 Å². The van der Waals surface area contributed by atoms with Gasteiger partial charge in [-0.05, 0) is 25.2 Å². The first-order valence-electron chi connectivity index (χ1n) is 7.22. The Morgan fingerprint density at radius 3 is 2.19 bits per heavy atom. The number of sulfonamides is 1. The van der Waals surface area contributed by atoms with Crippen LogP contribution in [0, 0.1) is 0 Å². The number of likely N-dealkylation sites (N-methyl/N-ethyl adjacent to an activating group) is 1. The van der Waals surface area contributed by atoms with Gasteiger partial charge in [-0.1, -0.05) is 38.1 Å². The van der Waals surface area contributed by atoms with Crippen molar-refractivity contribution in [1.29, 1.82) is 0 Å². The summed E-state index contributed by atoms with van der Waals surface area (Å²) in [4.78, 5) is 1.94. The zero-order valence-electron chi connectivity index (χ0n) is 13.4. The fourth-order valence-corrected chi connectivity index (χ4v) is 2.91. The standard InChI is InChI=1S/C15H27N3O2S/c1-13(2)16-11-14-5-7-15(8-6-14)12-21(19,20)17-9-10-18(3)4/h5-8,13,16-17H,9-12H2,1-4H3. The normalized spacial score (nSPS) is 12.3. The summed E-state index contributed by atoms with van der Waals surface area (Å²) in [5.41, 5.74) is 1.96. The molecule has 2 N–H and O–H groups in total. The van der Waals surface area contributed by atoms with Crippen LogP contribution in [-0.4, -0.2) is 46.5 Å². The lowest BCUT2D eigenvalue weighted by atomic mass is 10.1. The molecule has 120 valence electrons. The van der Waals surface area contributed by atoms with Crippen LogP contribution in [0.25, 0.3) is 0 Å². The molecular weight excluding hydrogens is 286 g/mol. The Hall–Kier alpha value is -0.950. The lowest BCUT2D eigenvalue weighted by Gasteiger charge is -2.11. The Kier molecular flexibility index (Phi) is 7.31. The molecule has 0 amide bonds. The van der Waals surface area contributed by atoms with Crippen molar-refractivity contribution >= 4 is 10.0 Å². The van der Waals surface area contributed by atoms with Gasteiger partial charge in [-0.15, -0.1) is 0 Å². The zero-order valence-corrected chi connectivity index (χ0v) is 14.2. The average molecular weight is 313 g/mol. The minimum absolute atomic E-state index is 0.0261. The molecule has 0 saturated heterocycles. The summed E-state index contributed by atoms with van der Waals surface area (Å²) in [6, 6.07) is 8.14. The van der Waals surface area contributed by atoms with Crippen LogP contribution in [0.2, 0.25) is 0 Å². The van der Waals surface area contributed by atoms with Gasteiger partial charge in [0.05, 0.1) is 5.75 Å². The summed E-state index contributed by atoms with van der Waals surface area (Å²) in [5, 5.41) is 3.33. The van der Waals surface area contributed by atoms with Gasteiger partial charge >= 0.3 is 0 Å². The van der Waals surface area contributed by atoms with Crippen LogP contribution in [0.15, 0.2) is 24.3 Å². The van der Waals surface area contributed by atoms with E-state index in [-0.39, 0.29) is 5.75 Å². The van der Waals surface area contributed by atoms with Crippen molar-refractivity contribution in [2.45, 2.75) is 32.2 Å². The molecule has 0 heterocycles. The van der Waals surface area contributed by atoms with Crippen LogP contribution in [0.4, 0.5) is 0 Å². The van der Waals surface area contributed by atoms with E-state index in [4.69, 9.17) is 0 Å². The van der Waals surface area contributed by atoms with Crippen molar-refractivity contribution in [3.63, 3.8) is 0 Å². The molecule has 0 bridgehead atoms. The molecule has 0 aromatic heterocycles. The third kappa shape index (κ3) is 8.16. The number of benzene rings is 1. The van der Waals surface area contributed by atoms with Crippen LogP contribution in [0.1, 0.15) is 25.0 Å². The van der Waals surface area contributed by atoms with Crippen LogP contribution >= 0.6 is 0 Å². The molecule has 0 radical (unpaired) electrons. The molecule has 0 fully saturated rings. The highest BCUT2D eigenvalue weighted by molar-refractivity contribution is 7.88. The molecule has 5 nitrogen and oxygen atoms in total. The summed E-state index contributed by atoms with van der Waals surface area (Å²) >= 11 is 0. The minimum atomic E-state index is -3.26. The molecule has 21 heavy (non-hydrogen) atoms. The third-order valence-electron chi connectivity index (χ3n) is 2.98. The van der Waals surface area contributed by atoms with Gasteiger partial charge < -0.3 is 10.2 Å². The average Bonchev–Trinajstić information content (AvgIpc) is 2.36. The highest BCUT2D eigenvalue weighted by Gasteiger charge is 2.11. The van der Waals surface area contributed by atoms with Crippen LogP contribution in [0.3, 0.4) is 0 Å². The lowest BCUT2D eigenvalue weighted by molar-refractivity contribution is 0.412. The van der Waals surface area contributed by atoms with Gasteiger partial charge in [0.25, 0.3) is 0 Å². The van der Waals surface area contributed by atoms with Gasteiger partial charge in [-0.3, -0.25) is 0 Å². The molecule has 1 rings (SSSR count). The van der Waals surface area contributed by atoms with Crippen molar-refractivity contribution in [3.8, 4) is 0 Å². The van der Waals surface area contributed by atoms with Gasteiger partial charge in [0, 0.05) is 25.7 Å². The predicted molar refractivity (Wildman–Crippen MR) is 87.6 cm³/mol. The zero-order chi connectivity index (χ0) is 15.9. The second-order valence-electron chi connectivity index (χ2n) is 5.81. The van der Waals surface area contributed by atoms with E-state index in [1.807, 2.05) is 43.3 Å². The van der Waals surface area contributed by atoms with E-state index >= 15 is 0 Å². The quantitative estimate of drug-likeness (QED) is 0.718. The SMILES string of the molecule is CC(C)NCc1ccc(CS(=O)(=O)NCCN(C)C)cc1. The van der Waals surface area contributed by atoms with E-state index in [1.165, 1.54) is 0 Å². The molecule has 0 spiro atoms. The van der Waals surface area contributed by atoms with E-state index in [0.29, 0.717) is 19.1 Å². The molecule has 6 heteroatoms. The Morgan fingerprint density at radius 1 is 1.10 bits per heavy atom. The third-order valence-corrected chi connectivity index (χ3v) is 4.33. The van der Waals surface area contributed by atoms with Crippen LogP contribution < -0.4 is 10.0 Å². The molecular formula is C15H27N3O2S. The molecule has 0 saturated carbocycles. The van der Waals surface area contributed by atoms with E-state index in [2.05, 4.69) is 23.9 Å². The Balaban J connectivity index is 2.50. The maximum Gasteiger partial charge on any atom is 0.215 e. The summed E-state index contributed by atoms with van der Waals surface area (Å²) in [5.74, 6) is 0.0261. The van der Waals surface area contributed by atoms with E-state index in [9.17, 15) is 8.42 Å². The topological polar surface area (TPSA) is 61.4 Å². The first kappa shape index (κ1) is 18.1. The number of nitrogens with zero attached hydrogens (tertiary/aromatic N) is 1. The molecule has 1 aromatic carbocycles. The fourth-order valence-electron chi connectivity index (χ4n) is 1.77. The van der Waals surface area contributed by atoms with E-state index in [1.54, 1.807) is 0 Å². The fraction of sp³-hybridized carbons (Fsp3) is 0.600. The first-order valence-corrected chi connectivity index (χ1v) is 8.87. The maximum atomic E-state index is 11.9. The largest absolute Gasteiger partial charge is 0.310 e. The summed E-state index contributed by atoms with van der Waals surface area (Å²) in [6.45, 7) is 6.12. The summed E-state index contributed by atoms with van der Waals surface area (Å²) < 4.78 is 26.5.